The smallest absolute Gasteiger partial charge is 0.338 e. The molecule has 0 bridgehead atoms. The van der Waals surface area contributed by atoms with Crippen LogP contribution in [0, 0.1) is 0 Å². The van der Waals surface area contributed by atoms with Crippen LogP contribution in [-0.4, -0.2) is 56.2 Å². The van der Waals surface area contributed by atoms with E-state index in [9.17, 15) is 18.0 Å². The van der Waals surface area contributed by atoms with Crippen LogP contribution in [0.1, 0.15) is 43.5 Å². The molecule has 2 amide bonds. The molecule has 1 fully saturated rings. The third-order valence-corrected chi connectivity index (χ3v) is 6.37. The SMILES string of the molecule is CCCS(=O)(=O)N1CCC(NC(=O)Nc2ccc(C(=O)OCC)cc2)CC1. The van der Waals surface area contributed by atoms with Gasteiger partial charge in [-0.2, -0.15) is 0 Å². The molecule has 0 saturated carbocycles. The Balaban J connectivity index is 1.80. The average molecular weight is 397 g/mol. The van der Waals surface area contributed by atoms with E-state index in [1.807, 2.05) is 6.92 Å². The summed E-state index contributed by atoms with van der Waals surface area (Å²) in [5.74, 6) is -0.244. The first kappa shape index (κ1) is 21.2. The second-order valence-electron chi connectivity index (χ2n) is 6.39. The standard InChI is InChI=1S/C18H27N3O5S/c1-3-13-27(24,25)21-11-9-16(10-12-21)20-18(23)19-15-7-5-14(6-8-15)17(22)26-4-2/h5-8,16H,3-4,9-13H2,1-2H3,(H2,19,20,23). The van der Waals surface area contributed by atoms with Crippen LogP contribution in [0.4, 0.5) is 10.5 Å². The van der Waals surface area contributed by atoms with Crippen molar-refractivity contribution in [3.8, 4) is 0 Å². The summed E-state index contributed by atoms with van der Waals surface area (Å²) < 4.78 is 30.5. The third kappa shape index (κ3) is 6.21. The Hall–Kier alpha value is -2.13. The molecule has 150 valence electrons. The maximum Gasteiger partial charge on any atom is 0.338 e. The zero-order valence-electron chi connectivity index (χ0n) is 15.7. The predicted octanol–water partition coefficient (Wildman–Crippen LogP) is 2.19. The number of nitrogens with one attached hydrogen (secondary N) is 2. The lowest BCUT2D eigenvalue weighted by molar-refractivity contribution is 0.0526. The molecule has 0 atom stereocenters. The topological polar surface area (TPSA) is 105 Å². The number of anilines is 1. The summed E-state index contributed by atoms with van der Waals surface area (Å²) in [6, 6.07) is 6.01. The fourth-order valence-corrected chi connectivity index (χ4v) is 4.46. The maximum atomic E-state index is 12.1. The Morgan fingerprint density at radius 2 is 1.78 bits per heavy atom. The molecular weight excluding hydrogens is 370 g/mol. The van der Waals surface area contributed by atoms with Crippen LogP contribution in [0.5, 0.6) is 0 Å². The molecule has 1 aromatic carbocycles. The number of amides is 2. The van der Waals surface area contributed by atoms with Gasteiger partial charge in [-0.25, -0.2) is 22.3 Å². The van der Waals surface area contributed by atoms with E-state index in [2.05, 4.69) is 10.6 Å². The van der Waals surface area contributed by atoms with Crippen LogP contribution in [0.25, 0.3) is 0 Å². The zero-order valence-corrected chi connectivity index (χ0v) is 16.5. The quantitative estimate of drug-likeness (QED) is 0.686. The molecule has 0 aliphatic carbocycles. The van der Waals surface area contributed by atoms with Gasteiger partial charge in [0.2, 0.25) is 10.0 Å². The molecule has 0 unspecified atom stereocenters. The molecule has 2 rings (SSSR count). The molecule has 1 saturated heterocycles. The van der Waals surface area contributed by atoms with Gasteiger partial charge in [0.15, 0.2) is 0 Å². The van der Waals surface area contributed by atoms with Crippen LogP contribution in [0.3, 0.4) is 0 Å². The Labute approximate surface area is 160 Å². The van der Waals surface area contributed by atoms with Crippen molar-refractivity contribution in [2.75, 3.05) is 30.8 Å². The molecular formula is C18H27N3O5S. The van der Waals surface area contributed by atoms with Crippen LogP contribution in [0.15, 0.2) is 24.3 Å². The van der Waals surface area contributed by atoms with Crippen LogP contribution in [-0.2, 0) is 14.8 Å². The summed E-state index contributed by atoms with van der Waals surface area (Å²) in [5.41, 5.74) is 0.979. The number of esters is 1. The molecule has 8 nitrogen and oxygen atoms in total. The van der Waals surface area contributed by atoms with Crippen molar-refractivity contribution >= 4 is 27.7 Å². The first-order valence-electron chi connectivity index (χ1n) is 9.18. The van der Waals surface area contributed by atoms with Gasteiger partial charge < -0.3 is 15.4 Å². The van der Waals surface area contributed by atoms with Crippen molar-refractivity contribution in [3.63, 3.8) is 0 Å². The number of sulfonamides is 1. The van der Waals surface area contributed by atoms with E-state index in [0.717, 1.165) is 0 Å². The maximum absolute atomic E-state index is 12.1. The number of hydrogen-bond donors (Lipinski definition) is 2. The fraction of sp³-hybridized carbons (Fsp3) is 0.556. The van der Waals surface area contributed by atoms with Gasteiger partial charge in [-0.3, -0.25) is 0 Å². The van der Waals surface area contributed by atoms with Gasteiger partial charge in [-0.1, -0.05) is 6.92 Å². The molecule has 1 aliphatic heterocycles. The molecule has 0 aromatic heterocycles. The van der Waals surface area contributed by atoms with Gasteiger partial charge >= 0.3 is 12.0 Å². The summed E-state index contributed by atoms with van der Waals surface area (Å²) in [7, 11) is -3.18. The monoisotopic (exact) mass is 397 g/mol. The molecule has 1 aromatic rings. The number of carbonyl (C=O) groups excluding carboxylic acids is 2. The van der Waals surface area contributed by atoms with E-state index in [4.69, 9.17) is 4.74 Å². The van der Waals surface area contributed by atoms with E-state index in [0.29, 0.717) is 50.2 Å². The molecule has 9 heteroatoms. The normalized spacial score (nSPS) is 15.9. The Morgan fingerprint density at radius 1 is 1.15 bits per heavy atom. The van der Waals surface area contributed by atoms with Crippen molar-refractivity contribution in [1.82, 2.24) is 9.62 Å². The van der Waals surface area contributed by atoms with E-state index in [1.54, 1.807) is 31.2 Å². The molecule has 1 heterocycles. The Bertz CT molecular complexity index is 741. The summed E-state index contributed by atoms with van der Waals surface area (Å²) in [4.78, 5) is 23.7. The number of hydrogen-bond acceptors (Lipinski definition) is 5. The lowest BCUT2D eigenvalue weighted by Gasteiger charge is -2.31. The molecule has 0 radical (unpaired) electrons. The van der Waals surface area contributed by atoms with E-state index in [1.165, 1.54) is 4.31 Å². The minimum atomic E-state index is -3.18. The lowest BCUT2D eigenvalue weighted by atomic mass is 10.1. The van der Waals surface area contributed by atoms with Crippen molar-refractivity contribution in [1.29, 1.82) is 0 Å². The van der Waals surface area contributed by atoms with Gasteiger partial charge in [0.05, 0.1) is 17.9 Å². The van der Waals surface area contributed by atoms with E-state index < -0.39 is 16.0 Å². The second kappa shape index (κ2) is 9.70. The zero-order chi connectivity index (χ0) is 19.9. The van der Waals surface area contributed by atoms with E-state index >= 15 is 0 Å². The number of rotatable bonds is 7. The molecule has 0 spiro atoms. The summed E-state index contributed by atoms with van der Waals surface area (Å²) in [5, 5.41) is 5.58. The van der Waals surface area contributed by atoms with Crippen molar-refractivity contribution in [2.24, 2.45) is 0 Å². The van der Waals surface area contributed by atoms with Gasteiger partial charge in [0.25, 0.3) is 0 Å². The van der Waals surface area contributed by atoms with E-state index in [-0.39, 0.29) is 17.8 Å². The number of ether oxygens (including phenoxy) is 1. The minimum Gasteiger partial charge on any atom is -0.462 e. The van der Waals surface area contributed by atoms with Crippen molar-refractivity contribution in [3.05, 3.63) is 29.8 Å². The third-order valence-electron chi connectivity index (χ3n) is 4.30. The van der Waals surface area contributed by atoms with Gasteiger partial charge in [-0.15, -0.1) is 0 Å². The van der Waals surface area contributed by atoms with Crippen LogP contribution >= 0.6 is 0 Å². The highest BCUT2D eigenvalue weighted by Crippen LogP contribution is 2.16. The predicted molar refractivity (Wildman–Crippen MR) is 103 cm³/mol. The lowest BCUT2D eigenvalue weighted by Crippen LogP contribution is -2.47. The molecule has 1 aliphatic rings. The Morgan fingerprint density at radius 3 is 2.33 bits per heavy atom. The van der Waals surface area contributed by atoms with Gasteiger partial charge in [-0.05, 0) is 50.5 Å². The summed E-state index contributed by atoms with van der Waals surface area (Å²) in [6.07, 6.45) is 1.76. The second-order valence-corrected chi connectivity index (χ2v) is 8.47. The first-order valence-corrected chi connectivity index (χ1v) is 10.8. The summed E-state index contributed by atoms with van der Waals surface area (Å²) >= 11 is 0. The highest BCUT2D eigenvalue weighted by atomic mass is 32.2. The fourth-order valence-electron chi connectivity index (χ4n) is 2.92. The van der Waals surface area contributed by atoms with Crippen molar-refractivity contribution < 1.29 is 22.7 Å². The van der Waals surface area contributed by atoms with Gasteiger partial charge in [0.1, 0.15) is 0 Å². The number of piperidine rings is 1. The van der Waals surface area contributed by atoms with Gasteiger partial charge in [0, 0.05) is 24.8 Å². The molecule has 27 heavy (non-hydrogen) atoms. The number of carbonyl (C=O) groups is 2. The minimum absolute atomic E-state index is 0.0723. The first-order chi connectivity index (χ1) is 12.9. The highest BCUT2D eigenvalue weighted by molar-refractivity contribution is 7.89. The number of benzene rings is 1. The highest BCUT2D eigenvalue weighted by Gasteiger charge is 2.27. The van der Waals surface area contributed by atoms with Crippen LogP contribution < -0.4 is 10.6 Å². The van der Waals surface area contributed by atoms with Crippen molar-refractivity contribution in [2.45, 2.75) is 39.2 Å². The Kier molecular flexibility index (Phi) is 7.61. The average Bonchev–Trinajstić information content (AvgIpc) is 2.63. The summed E-state index contributed by atoms with van der Waals surface area (Å²) in [6.45, 7) is 4.72. The molecule has 2 N–H and O–H groups in total. The number of urea groups is 1. The van der Waals surface area contributed by atoms with Crippen LogP contribution in [0.2, 0.25) is 0 Å². The largest absolute Gasteiger partial charge is 0.462 e. The number of nitrogens with zero attached hydrogens (tertiary/aromatic N) is 1.